The van der Waals surface area contributed by atoms with Gasteiger partial charge in [0.05, 0.1) is 0 Å². The van der Waals surface area contributed by atoms with Gasteiger partial charge in [-0.05, 0) is 32.6 Å². The SMILES string of the molecule is CNC(c1ccc(C)nc1)C1CSCCN1C. The van der Waals surface area contributed by atoms with Crippen LogP contribution in [0.3, 0.4) is 0 Å². The number of aromatic nitrogens is 1. The predicted molar refractivity (Wildman–Crippen MR) is 74.5 cm³/mol. The molecule has 0 aliphatic carbocycles. The third kappa shape index (κ3) is 3.00. The molecule has 0 amide bonds. The van der Waals surface area contributed by atoms with Gasteiger partial charge in [0.2, 0.25) is 0 Å². The van der Waals surface area contributed by atoms with E-state index in [4.69, 9.17) is 0 Å². The monoisotopic (exact) mass is 251 g/mol. The van der Waals surface area contributed by atoms with Crippen LogP contribution >= 0.6 is 11.8 Å². The summed E-state index contributed by atoms with van der Waals surface area (Å²) in [4.78, 5) is 6.86. The van der Waals surface area contributed by atoms with Gasteiger partial charge in [0.15, 0.2) is 0 Å². The van der Waals surface area contributed by atoms with Crippen LogP contribution in [0, 0.1) is 6.92 Å². The number of likely N-dealkylation sites (N-methyl/N-ethyl adjacent to an activating group) is 2. The molecule has 1 aliphatic rings. The molecule has 17 heavy (non-hydrogen) atoms. The Kier molecular flexibility index (Phi) is 4.42. The normalized spacial score (nSPS) is 23.6. The number of hydrogen-bond donors (Lipinski definition) is 1. The van der Waals surface area contributed by atoms with Gasteiger partial charge in [0, 0.05) is 42.0 Å². The van der Waals surface area contributed by atoms with E-state index in [0.29, 0.717) is 12.1 Å². The van der Waals surface area contributed by atoms with Crippen LogP contribution in [-0.4, -0.2) is 48.1 Å². The van der Waals surface area contributed by atoms with Gasteiger partial charge in [-0.2, -0.15) is 11.8 Å². The lowest BCUT2D eigenvalue weighted by molar-refractivity contribution is 0.221. The van der Waals surface area contributed by atoms with E-state index in [2.05, 4.69) is 34.4 Å². The summed E-state index contributed by atoms with van der Waals surface area (Å²) in [5, 5.41) is 3.44. The Morgan fingerprint density at radius 3 is 2.94 bits per heavy atom. The van der Waals surface area contributed by atoms with Gasteiger partial charge >= 0.3 is 0 Å². The Morgan fingerprint density at radius 2 is 2.35 bits per heavy atom. The van der Waals surface area contributed by atoms with Gasteiger partial charge in [0.25, 0.3) is 0 Å². The van der Waals surface area contributed by atoms with E-state index in [1.54, 1.807) is 0 Å². The van der Waals surface area contributed by atoms with Gasteiger partial charge in [0.1, 0.15) is 0 Å². The van der Waals surface area contributed by atoms with Crippen molar-refractivity contribution in [3.63, 3.8) is 0 Å². The summed E-state index contributed by atoms with van der Waals surface area (Å²) in [6, 6.07) is 5.22. The van der Waals surface area contributed by atoms with Crippen LogP contribution < -0.4 is 5.32 Å². The molecule has 1 saturated heterocycles. The Morgan fingerprint density at radius 1 is 1.53 bits per heavy atom. The molecule has 0 saturated carbocycles. The summed E-state index contributed by atoms with van der Waals surface area (Å²) in [5.74, 6) is 2.44. The lowest BCUT2D eigenvalue weighted by Crippen LogP contribution is -2.47. The van der Waals surface area contributed by atoms with Crippen molar-refractivity contribution in [2.24, 2.45) is 0 Å². The fourth-order valence-electron chi connectivity index (χ4n) is 2.30. The first kappa shape index (κ1) is 12.9. The zero-order valence-electron chi connectivity index (χ0n) is 10.8. The van der Waals surface area contributed by atoms with Gasteiger partial charge in [-0.1, -0.05) is 6.07 Å². The number of nitrogens with one attached hydrogen (secondary N) is 1. The smallest absolute Gasteiger partial charge is 0.0499 e. The first-order chi connectivity index (χ1) is 8.22. The molecule has 0 bridgehead atoms. The number of aryl methyl sites for hydroxylation is 1. The number of nitrogens with zero attached hydrogens (tertiary/aromatic N) is 2. The standard InChI is InChI=1S/C13H21N3S/c1-10-4-5-11(8-15-10)13(14-2)12-9-17-7-6-16(12)3/h4-5,8,12-14H,6-7,9H2,1-3H3. The van der Waals surface area contributed by atoms with Crippen molar-refractivity contribution in [1.82, 2.24) is 15.2 Å². The van der Waals surface area contributed by atoms with Crippen LogP contribution in [-0.2, 0) is 0 Å². The first-order valence-electron chi connectivity index (χ1n) is 6.10. The van der Waals surface area contributed by atoms with Crippen LogP contribution in [0.5, 0.6) is 0 Å². The molecule has 4 heteroatoms. The fraction of sp³-hybridized carbons (Fsp3) is 0.615. The first-order valence-corrected chi connectivity index (χ1v) is 7.25. The van der Waals surface area contributed by atoms with Crippen molar-refractivity contribution >= 4 is 11.8 Å². The number of pyridine rings is 1. The Bertz CT molecular complexity index is 352. The Hall–Kier alpha value is -0.580. The Labute approximate surface area is 108 Å². The highest BCUT2D eigenvalue weighted by molar-refractivity contribution is 7.99. The molecule has 2 atom stereocenters. The zero-order chi connectivity index (χ0) is 12.3. The van der Waals surface area contributed by atoms with Crippen molar-refractivity contribution in [3.8, 4) is 0 Å². The summed E-state index contributed by atoms with van der Waals surface area (Å²) in [6.07, 6.45) is 2.00. The highest BCUT2D eigenvalue weighted by Crippen LogP contribution is 2.26. The average Bonchev–Trinajstić information content (AvgIpc) is 2.35. The molecule has 3 nitrogen and oxygen atoms in total. The number of hydrogen-bond acceptors (Lipinski definition) is 4. The molecule has 0 spiro atoms. The van der Waals surface area contributed by atoms with E-state index >= 15 is 0 Å². The third-order valence-corrected chi connectivity index (χ3v) is 4.48. The van der Waals surface area contributed by atoms with E-state index in [0.717, 1.165) is 5.69 Å². The van der Waals surface area contributed by atoms with Gasteiger partial charge < -0.3 is 5.32 Å². The highest BCUT2D eigenvalue weighted by Gasteiger charge is 2.28. The minimum Gasteiger partial charge on any atom is -0.312 e. The lowest BCUT2D eigenvalue weighted by Gasteiger charge is -2.37. The quantitative estimate of drug-likeness (QED) is 0.885. The van der Waals surface area contributed by atoms with E-state index < -0.39 is 0 Å². The Balaban J connectivity index is 2.17. The summed E-state index contributed by atoms with van der Waals surface area (Å²) in [7, 11) is 4.26. The zero-order valence-corrected chi connectivity index (χ0v) is 11.6. The minimum atomic E-state index is 0.376. The maximum Gasteiger partial charge on any atom is 0.0499 e. The van der Waals surface area contributed by atoms with Gasteiger partial charge in [-0.15, -0.1) is 0 Å². The van der Waals surface area contributed by atoms with Crippen LogP contribution in [0.1, 0.15) is 17.3 Å². The van der Waals surface area contributed by atoms with Crippen LogP contribution in [0.25, 0.3) is 0 Å². The van der Waals surface area contributed by atoms with Crippen molar-refractivity contribution in [3.05, 3.63) is 29.6 Å². The molecule has 1 aromatic rings. The molecule has 2 heterocycles. The van der Waals surface area contributed by atoms with Gasteiger partial charge in [-0.25, -0.2) is 0 Å². The van der Waals surface area contributed by atoms with Crippen molar-refractivity contribution in [2.75, 3.05) is 32.1 Å². The van der Waals surface area contributed by atoms with Crippen LogP contribution in [0.15, 0.2) is 18.3 Å². The summed E-state index contributed by atoms with van der Waals surface area (Å²) in [6.45, 7) is 3.20. The molecule has 1 N–H and O–H groups in total. The van der Waals surface area contributed by atoms with E-state index in [1.165, 1.54) is 23.6 Å². The highest BCUT2D eigenvalue weighted by atomic mass is 32.2. The maximum absolute atomic E-state index is 4.40. The van der Waals surface area contributed by atoms with Gasteiger partial charge in [-0.3, -0.25) is 9.88 Å². The molecule has 94 valence electrons. The molecule has 0 radical (unpaired) electrons. The maximum atomic E-state index is 4.40. The second-order valence-corrected chi connectivity index (χ2v) is 5.77. The van der Waals surface area contributed by atoms with E-state index in [9.17, 15) is 0 Å². The molecule has 2 unspecified atom stereocenters. The largest absolute Gasteiger partial charge is 0.312 e. The average molecular weight is 251 g/mol. The van der Waals surface area contributed by atoms with Crippen LogP contribution in [0.2, 0.25) is 0 Å². The second-order valence-electron chi connectivity index (χ2n) is 4.62. The molecular formula is C13H21N3S. The predicted octanol–water partition coefficient (Wildman–Crippen LogP) is 1.70. The molecule has 1 aliphatic heterocycles. The van der Waals surface area contributed by atoms with Crippen molar-refractivity contribution in [2.45, 2.75) is 19.0 Å². The van der Waals surface area contributed by atoms with E-state index in [1.807, 2.05) is 31.9 Å². The molecule has 0 aromatic carbocycles. The number of thioether (sulfide) groups is 1. The minimum absolute atomic E-state index is 0.376. The number of rotatable bonds is 3. The fourth-order valence-corrected chi connectivity index (χ4v) is 3.57. The summed E-state index contributed by atoms with van der Waals surface area (Å²) < 4.78 is 0. The summed E-state index contributed by atoms with van der Waals surface area (Å²) in [5.41, 5.74) is 2.37. The molecule has 2 rings (SSSR count). The van der Waals surface area contributed by atoms with Crippen LogP contribution in [0.4, 0.5) is 0 Å². The molecular weight excluding hydrogens is 230 g/mol. The van der Waals surface area contributed by atoms with Crippen molar-refractivity contribution in [1.29, 1.82) is 0 Å². The second kappa shape index (κ2) is 5.85. The lowest BCUT2D eigenvalue weighted by atomic mass is 10.0. The molecule has 1 aromatic heterocycles. The van der Waals surface area contributed by atoms with Crippen molar-refractivity contribution < 1.29 is 0 Å². The molecule has 1 fully saturated rings. The summed E-state index contributed by atoms with van der Waals surface area (Å²) >= 11 is 2.05. The topological polar surface area (TPSA) is 28.2 Å². The van der Waals surface area contributed by atoms with E-state index in [-0.39, 0.29) is 0 Å². The third-order valence-electron chi connectivity index (χ3n) is 3.43.